The van der Waals surface area contributed by atoms with E-state index in [2.05, 4.69) is 6.08 Å². The van der Waals surface area contributed by atoms with E-state index in [1.54, 1.807) is 6.07 Å². The smallest absolute Gasteiger partial charge is 0.419 e. The van der Waals surface area contributed by atoms with Crippen LogP contribution < -0.4 is 4.74 Å². The summed E-state index contributed by atoms with van der Waals surface area (Å²) in [4.78, 5) is 0. The average molecular weight is 314 g/mol. The highest BCUT2D eigenvalue weighted by atomic mass is 32.2. The van der Waals surface area contributed by atoms with E-state index in [4.69, 9.17) is 4.74 Å². The molecular formula is C16H17F3OS. The van der Waals surface area contributed by atoms with Crippen LogP contribution in [-0.2, 0) is 6.18 Å². The van der Waals surface area contributed by atoms with Gasteiger partial charge in [-0.1, -0.05) is 18.6 Å². The van der Waals surface area contributed by atoms with Crippen molar-refractivity contribution in [1.82, 2.24) is 0 Å². The van der Waals surface area contributed by atoms with Gasteiger partial charge in [-0.15, -0.1) is 0 Å². The Hall–Kier alpha value is -1.10. The monoisotopic (exact) mass is 314 g/mol. The van der Waals surface area contributed by atoms with Crippen molar-refractivity contribution >= 4 is 17.3 Å². The van der Waals surface area contributed by atoms with Crippen molar-refractivity contribution in [2.75, 3.05) is 7.11 Å². The number of rotatable bonds is 2. The summed E-state index contributed by atoms with van der Waals surface area (Å²) in [5.41, 5.74) is 1.31. The van der Waals surface area contributed by atoms with Crippen molar-refractivity contribution < 1.29 is 17.9 Å². The molecule has 1 aromatic rings. The predicted molar refractivity (Wildman–Crippen MR) is 79.6 cm³/mol. The number of thioether (sulfide) groups is 1. The zero-order valence-electron chi connectivity index (χ0n) is 11.7. The Labute approximate surface area is 126 Å². The maximum absolute atomic E-state index is 12.9. The number of methoxy groups -OCH3 is 1. The van der Waals surface area contributed by atoms with Crippen LogP contribution in [0.2, 0.25) is 0 Å². The van der Waals surface area contributed by atoms with Crippen LogP contribution in [0.3, 0.4) is 0 Å². The number of benzene rings is 1. The van der Waals surface area contributed by atoms with E-state index < -0.39 is 11.7 Å². The summed E-state index contributed by atoms with van der Waals surface area (Å²) in [5, 5.41) is 1.12. The molecule has 0 radical (unpaired) electrons. The van der Waals surface area contributed by atoms with Gasteiger partial charge in [0.15, 0.2) is 0 Å². The Bertz CT molecular complexity index is 565. The molecule has 0 saturated carbocycles. The van der Waals surface area contributed by atoms with Gasteiger partial charge in [0.05, 0.1) is 12.7 Å². The minimum Gasteiger partial charge on any atom is -0.496 e. The van der Waals surface area contributed by atoms with Crippen LogP contribution in [0.4, 0.5) is 13.2 Å². The SMILES string of the molecule is COc1cc(C2=CC3CCCC(C2)S3)ccc1C(F)(F)F. The van der Waals surface area contributed by atoms with Gasteiger partial charge in [-0.2, -0.15) is 24.9 Å². The standard InChI is InChI=1S/C16H17F3OS/c1-20-15-9-10(5-6-14(15)16(17,18)19)11-7-12-3-2-4-13(8-11)21-12/h5-7,9,12-13H,2-4,8H2,1H3. The molecule has 2 unspecified atom stereocenters. The molecule has 2 aliphatic heterocycles. The van der Waals surface area contributed by atoms with Gasteiger partial charge in [0.1, 0.15) is 5.75 Å². The van der Waals surface area contributed by atoms with E-state index in [-0.39, 0.29) is 5.75 Å². The molecule has 1 nitrogen and oxygen atoms in total. The molecule has 1 aromatic carbocycles. The van der Waals surface area contributed by atoms with Gasteiger partial charge in [-0.25, -0.2) is 0 Å². The lowest BCUT2D eigenvalue weighted by atomic mass is 9.92. The molecule has 0 amide bonds. The predicted octanol–water partition coefficient (Wildman–Crippen LogP) is 5.16. The summed E-state index contributed by atoms with van der Waals surface area (Å²) in [7, 11) is 1.29. The van der Waals surface area contributed by atoms with Crippen LogP contribution in [0.25, 0.3) is 5.57 Å². The van der Waals surface area contributed by atoms with Crippen molar-refractivity contribution in [1.29, 1.82) is 0 Å². The summed E-state index contributed by atoms with van der Waals surface area (Å²) in [6.45, 7) is 0. The first-order valence-corrected chi connectivity index (χ1v) is 8.03. The molecule has 114 valence electrons. The van der Waals surface area contributed by atoms with Gasteiger partial charge in [0.2, 0.25) is 0 Å². The average Bonchev–Trinajstić information content (AvgIpc) is 2.45. The van der Waals surface area contributed by atoms with Gasteiger partial charge < -0.3 is 4.74 Å². The third-order valence-electron chi connectivity index (χ3n) is 4.09. The Morgan fingerprint density at radius 3 is 2.71 bits per heavy atom. The zero-order valence-corrected chi connectivity index (χ0v) is 12.6. The van der Waals surface area contributed by atoms with Gasteiger partial charge in [0.25, 0.3) is 0 Å². The fraction of sp³-hybridized carbons (Fsp3) is 0.500. The molecule has 0 aromatic heterocycles. The first kappa shape index (κ1) is 14.8. The molecule has 5 heteroatoms. The molecule has 0 spiro atoms. The molecule has 2 atom stereocenters. The molecular weight excluding hydrogens is 297 g/mol. The lowest BCUT2D eigenvalue weighted by molar-refractivity contribution is -0.138. The normalized spacial score (nSPS) is 25.4. The molecule has 2 bridgehead atoms. The van der Waals surface area contributed by atoms with E-state index in [1.807, 2.05) is 11.8 Å². The van der Waals surface area contributed by atoms with E-state index in [9.17, 15) is 13.2 Å². The molecule has 0 aliphatic carbocycles. The topological polar surface area (TPSA) is 9.23 Å². The molecule has 0 N–H and O–H groups in total. The van der Waals surface area contributed by atoms with E-state index in [0.29, 0.717) is 10.5 Å². The molecule has 1 fully saturated rings. The third kappa shape index (κ3) is 3.07. The van der Waals surface area contributed by atoms with Gasteiger partial charge >= 0.3 is 6.18 Å². The molecule has 2 heterocycles. The molecule has 3 rings (SSSR count). The van der Waals surface area contributed by atoms with Crippen LogP contribution >= 0.6 is 11.8 Å². The third-order valence-corrected chi connectivity index (χ3v) is 5.60. The zero-order chi connectivity index (χ0) is 15.0. The highest BCUT2D eigenvalue weighted by Crippen LogP contribution is 2.44. The quantitative estimate of drug-likeness (QED) is 0.746. The lowest BCUT2D eigenvalue weighted by Crippen LogP contribution is -2.21. The fourth-order valence-corrected chi connectivity index (χ4v) is 4.70. The maximum atomic E-state index is 12.9. The van der Waals surface area contributed by atoms with Crippen molar-refractivity contribution in [3.63, 3.8) is 0 Å². The second-order valence-electron chi connectivity index (χ2n) is 5.54. The number of alkyl halides is 3. The van der Waals surface area contributed by atoms with Crippen molar-refractivity contribution in [3.05, 3.63) is 35.4 Å². The van der Waals surface area contributed by atoms with E-state index in [0.717, 1.165) is 23.6 Å². The number of ether oxygens (including phenoxy) is 1. The van der Waals surface area contributed by atoms with Crippen LogP contribution in [0.1, 0.15) is 36.8 Å². The van der Waals surface area contributed by atoms with Crippen LogP contribution in [0.5, 0.6) is 5.75 Å². The number of halogens is 3. The van der Waals surface area contributed by atoms with Crippen LogP contribution in [0.15, 0.2) is 24.3 Å². The molecule has 2 aliphatic rings. The second-order valence-corrected chi connectivity index (χ2v) is 7.08. The Morgan fingerprint density at radius 2 is 2.05 bits per heavy atom. The van der Waals surface area contributed by atoms with Crippen molar-refractivity contribution in [2.45, 2.75) is 42.4 Å². The molecule has 21 heavy (non-hydrogen) atoms. The second kappa shape index (κ2) is 5.59. The van der Waals surface area contributed by atoms with E-state index >= 15 is 0 Å². The maximum Gasteiger partial charge on any atom is 0.419 e. The van der Waals surface area contributed by atoms with Crippen molar-refractivity contribution in [3.8, 4) is 5.75 Å². The first-order valence-electron chi connectivity index (χ1n) is 7.09. The first-order chi connectivity index (χ1) is 9.97. The van der Waals surface area contributed by atoms with E-state index in [1.165, 1.54) is 32.4 Å². The number of hydrogen-bond acceptors (Lipinski definition) is 2. The Kier molecular flexibility index (Phi) is 3.95. The summed E-state index contributed by atoms with van der Waals surface area (Å²) in [5.74, 6) is -0.0933. The van der Waals surface area contributed by atoms with Gasteiger partial charge in [0, 0.05) is 10.5 Å². The summed E-state index contributed by atoms with van der Waals surface area (Å²) in [6, 6.07) is 4.23. The number of allylic oxidation sites excluding steroid dienone is 1. The van der Waals surface area contributed by atoms with Gasteiger partial charge in [-0.3, -0.25) is 0 Å². The summed E-state index contributed by atoms with van der Waals surface area (Å²) >= 11 is 2.00. The lowest BCUT2D eigenvalue weighted by Gasteiger charge is -2.33. The highest BCUT2D eigenvalue weighted by molar-refractivity contribution is 8.00. The van der Waals surface area contributed by atoms with Gasteiger partial charge in [-0.05, 0) is 42.5 Å². The minimum atomic E-state index is -4.38. The largest absolute Gasteiger partial charge is 0.496 e. The van der Waals surface area contributed by atoms with Crippen LogP contribution in [0, 0.1) is 0 Å². The highest BCUT2D eigenvalue weighted by Gasteiger charge is 2.35. The summed E-state index contributed by atoms with van der Waals surface area (Å²) < 4.78 is 43.6. The molecule has 1 saturated heterocycles. The van der Waals surface area contributed by atoms with Crippen molar-refractivity contribution in [2.24, 2.45) is 0 Å². The number of hydrogen-bond donors (Lipinski definition) is 0. The minimum absolute atomic E-state index is 0.0933. The Balaban J connectivity index is 1.95. The van der Waals surface area contributed by atoms with Crippen LogP contribution in [-0.4, -0.2) is 17.6 Å². The Morgan fingerprint density at radius 1 is 1.24 bits per heavy atom. The fourth-order valence-electron chi connectivity index (χ4n) is 3.08. The summed E-state index contributed by atoms with van der Waals surface area (Å²) in [6.07, 6.45) is 2.41. The number of fused-ring (bicyclic) bond motifs is 2.